The molecule has 2 aromatic rings. The van der Waals surface area contributed by atoms with Gasteiger partial charge in [-0.3, -0.25) is 9.78 Å². The summed E-state index contributed by atoms with van der Waals surface area (Å²) in [5.74, 6) is -0.153. The summed E-state index contributed by atoms with van der Waals surface area (Å²) in [6.07, 6.45) is 4.59. The lowest BCUT2D eigenvalue weighted by molar-refractivity contribution is 0.0996. The van der Waals surface area contributed by atoms with Crippen LogP contribution in [-0.2, 0) is 0 Å². The highest BCUT2D eigenvalue weighted by atomic mass is 16.1. The molecule has 16 heavy (non-hydrogen) atoms. The Morgan fingerprint density at radius 2 is 2.06 bits per heavy atom. The van der Waals surface area contributed by atoms with Crippen LogP contribution in [0.5, 0.6) is 0 Å². The highest BCUT2D eigenvalue weighted by Crippen LogP contribution is 2.13. The van der Waals surface area contributed by atoms with Crippen LogP contribution < -0.4 is 11.5 Å². The highest BCUT2D eigenvalue weighted by Gasteiger charge is 2.13. The van der Waals surface area contributed by atoms with Crippen LogP contribution in [0.3, 0.4) is 0 Å². The van der Waals surface area contributed by atoms with E-state index in [9.17, 15) is 4.79 Å². The number of carbonyl (C=O) groups excluding carboxylic acids is 1. The van der Waals surface area contributed by atoms with Gasteiger partial charge in [-0.05, 0) is 6.92 Å². The van der Waals surface area contributed by atoms with Crippen LogP contribution in [0.4, 0.5) is 5.69 Å². The van der Waals surface area contributed by atoms with Crippen molar-refractivity contribution in [2.45, 2.75) is 6.92 Å². The number of hydrogen-bond donors (Lipinski definition) is 2. The number of hydrogen-bond acceptors (Lipinski definition) is 5. The molecule has 4 N–H and O–H groups in total. The number of aromatic nitrogens is 4. The normalized spacial score (nSPS) is 10.3. The predicted molar refractivity (Wildman–Crippen MR) is 56.8 cm³/mol. The van der Waals surface area contributed by atoms with Crippen molar-refractivity contribution in [2.75, 3.05) is 5.73 Å². The molecule has 0 aliphatic heterocycles. The van der Waals surface area contributed by atoms with Gasteiger partial charge in [0.05, 0.1) is 17.6 Å². The molecule has 2 aromatic heterocycles. The van der Waals surface area contributed by atoms with E-state index in [4.69, 9.17) is 11.5 Å². The zero-order valence-electron chi connectivity index (χ0n) is 8.58. The van der Waals surface area contributed by atoms with E-state index in [0.717, 1.165) is 0 Å². The monoisotopic (exact) mass is 218 g/mol. The molecule has 0 spiro atoms. The van der Waals surface area contributed by atoms with Gasteiger partial charge in [0.1, 0.15) is 0 Å². The molecule has 0 saturated heterocycles. The van der Waals surface area contributed by atoms with E-state index < -0.39 is 5.91 Å². The van der Waals surface area contributed by atoms with Crippen molar-refractivity contribution >= 4 is 11.6 Å². The lowest BCUT2D eigenvalue weighted by Crippen LogP contribution is -2.14. The molecule has 0 aliphatic rings. The molecule has 0 aliphatic carbocycles. The number of rotatable bonds is 2. The number of nitrogen functional groups attached to an aromatic ring is 1. The fraction of sp³-hybridized carbons (Fsp3) is 0.111. The van der Waals surface area contributed by atoms with Gasteiger partial charge in [-0.25, -0.2) is 9.67 Å². The van der Waals surface area contributed by atoms with Gasteiger partial charge in [-0.2, -0.15) is 5.10 Å². The third-order valence-electron chi connectivity index (χ3n) is 2.05. The molecule has 0 unspecified atom stereocenters. The molecule has 0 radical (unpaired) electrons. The first-order chi connectivity index (χ1) is 7.59. The molecule has 7 heteroatoms. The zero-order valence-corrected chi connectivity index (χ0v) is 8.58. The number of carbonyl (C=O) groups is 1. The maximum Gasteiger partial charge on any atom is 0.271 e. The van der Waals surface area contributed by atoms with Gasteiger partial charge >= 0.3 is 0 Å². The van der Waals surface area contributed by atoms with Gasteiger partial charge in [-0.15, -0.1) is 0 Å². The molecular formula is C9H10N6O. The van der Waals surface area contributed by atoms with Crippen molar-refractivity contribution in [2.24, 2.45) is 5.73 Å². The van der Waals surface area contributed by atoms with E-state index >= 15 is 0 Å². The Kier molecular flexibility index (Phi) is 2.28. The first-order valence-electron chi connectivity index (χ1n) is 4.52. The first kappa shape index (κ1) is 10.1. The van der Waals surface area contributed by atoms with Crippen LogP contribution in [-0.4, -0.2) is 25.7 Å². The van der Waals surface area contributed by atoms with E-state index in [1.165, 1.54) is 17.1 Å². The summed E-state index contributed by atoms with van der Waals surface area (Å²) in [4.78, 5) is 19.1. The van der Waals surface area contributed by atoms with Crippen LogP contribution in [0.1, 0.15) is 16.2 Å². The van der Waals surface area contributed by atoms with Crippen molar-refractivity contribution in [3.8, 4) is 5.82 Å². The first-order valence-corrected chi connectivity index (χ1v) is 4.52. The lowest BCUT2D eigenvalue weighted by atomic mass is 10.4. The molecule has 2 rings (SSSR count). The minimum Gasteiger partial charge on any atom is -0.396 e. The molecule has 0 bridgehead atoms. The Morgan fingerprint density at radius 1 is 1.38 bits per heavy atom. The Hall–Kier alpha value is -2.44. The number of nitrogens with two attached hydrogens (primary N) is 2. The van der Waals surface area contributed by atoms with E-state index in [2.05, 4.69) is 15.1 Å². The molecule has 0 saturated carbocycles. The number of primary amides is 1. The molecule has 0 aromatic carbocycles. The van der Waals surface area contributed by atoms with Crippen molar-refractivity contribution in [1.82, 2.24) is 19.7 Å². The van der Waals surface area contributed by atoms with Gasteiger partial charge in [-0.1, -0.05) is 0 Å². The predicted octanol–water partition coefficient (Wildman–Crippen LogP) is -0.348. The molecule has 0 fully saturated rings. The van der Waals surface area contributed by atoms with Gasteiger partial charge in [0, 0.05) is 12.4 Å². The minimum atomic E-state index is -0.669. The number of amides is 1. The van der Waals surface area contributed by atoms with E-state index in [1.807, 2.05) is 0 Å². The average Bonchev–Trinajstić information content (AvgIpc) is 2.61. The topological polar surface area (TPSA) is 113 Å². The van der Waals surface area contributed by atoms with E-state index in [1.54, 1.807) is 13.1 Å². The van der Waals surface area contributed by atoms with Crippen molar-refractivity contribution in [3.63, 3.8) is 0 Å². The fourth-order valence-corrected chi connectivity index (χ4v) is 1.31. The number of aryl methyl sites for hydroxylation is 1. The number of anilines is 1. The second-order valence-electron chi connectivity index (χ2n) is 3.21. The van der Waals surface area contributed by atoms with Crippen molar-refractivity contribution in [3.05, 3.63) is 30.0 Å². The summed E-state index contributed by atoms with van der Waals surface area (Å²) in [7, 11) is 0. The number of nitrogens with zero attached hydrogens (tertiary/aromatic N) is 4. The summed E-state index contributed by atoms with van der Waals surface area (Å²) in [6, 6.07) is 0. The third kappa shape index (κ3) is 1.58. The molecule has 82 valence electrons. The standard InChI is InChI=1S/C9H10N6O/c1-5-9(13-3-2-12-5)15-4-6(10)7(14-15)8(11)16/h2-4H,10H2,1H3,(H2,11,16). The zero-order chi connectivity index (χ0) is 11.7. The fourth-order valence-electron chi connectivity index (χ4n) is 1.31. The Labute approximate surface area is 91.1 Å². The maximum atomic E-state index is 11.0. The second-order valence-corrected chi connectivity index (χ2v) is 3.21. The van der Waals surface area contributed by atoms with Crippen LogP contribution >= 0.6 is 0 Å². The largest absolute Gasteiger partial charge is 0.396 e. The van der Waals surface area contributed by atoms with Gasteiger partial charge in [0.2, 0.25) is 0 Å². The summed E-state index contributed by atoms with van der Waals surface area (Å²) >= 11 is 0. The van der Waals surface area contributed by atoms with E-state index in [-0.39, 0.29) is 11.4 Å². The Morgan fingerprint density at radius 3 is 2.62 bits per heavy atom. The van der Waals surface area contributed by atoms with Crippen LogP contribution in [0.25, 0.3) is 5.82 Å². The molecular weight excluding hydrogens is 208 g/mol. The van der Waals surface area contributed by atoms with Gasteiger partial charge in [0.15, 0.2) is 11.5 Å². The quantitative estimate of drug-likeness (QED) is 0.715. The van der Waals surface area contributed by atoms with Crippen LogP contribution in [0.2, 0.25) is 0 Å². The summed E-state index contributed by atoms with van der Waals surface area (Å²) in [6.45, 7) is 1.78. The summed E-state index contributed by atoms with van der Waals surface area (Å²) in [5, 5.41) is 3.96. The van der Waals surface area contributed by atoms with Crippen molar-refractivity contribution < 1.29 is 4.79 Å². The van der Waals surface area contributed by atoms with Gasteiger partial charge < -0.3 is 11.5 Å². The molecule has 1 amide bonds. The van der Waals surface area contributed by atoms with Crippen molar-refractivity contribution in [1.29, 1.82) is 0 Å². The maximum absolute atomic E-state index is 11.0. The van der Waals surface area contributed by atoms with Crippen LogP contribution in [0.15, 0.2) is 18.6 Å². The van der Waals surface area contributed by atoms with Gasteiger partial charge in [0.25, 0.3) is 5.91 Å². The SMILES string of the molecule is Cc1nccnc1-n1cc(N)c(C(N)=O)n1. The molecule has 7 nitrogen and oxygen atoms in total. The minimum absolute atomic E-state index is 0.0325. The third-order valence-corrected chi connectivity index (χ3v) is 2.05. The van der Waals surface area contributed by atoms with Crippen LogP contribution in [0, 0.1) is 6.92 Å². The van der Waals surface area contributed by atoms with E-state index in [0.29, 0.717) is 11.5 Å². The summed E-state index contributed by atoms with van der Waals surface area (Å²) < 4.78 is 1.39. The summed E-state index contributed by atoms with van der Waals surface area (Å²) in [5.41, 5.74) is 11.6. The Balaban J connectivity index is 2.54. The molecule has 0 atom stereocenters. The lowest BCUT2D eigenvalue weighted by Gasteiger charge is -2.01. The molecule has 2 heterocycles. The smallest absolute Gasteiger partial charge is 0.271 e. The average molecular weight is 218 g/mol. The Bertz CT molecular complexity index is 547. The second kappa shape index (κ2) is 3.61. The highest BCUT2D eigenvalue weighted by molar-refractivity contribution is 5.95.